The minimum atomic E-state index is 0.449. The van der Waals surface area contributed by atoms with Gasteiger partial charge in [0, 0.05) is 12.4 Å². The van der Waals surface area contributed by atoms with Crippen molar-refractivity contribution in [3.8, 4) is 0 Å². The van der Waals surface area contributed by atoms with E-state index in [1.54, 1.807) is 7.05 Å². The second kappa shape index (κ2) is 3.74. The van der Waals surface area contributed by atoms with Gasteiger partial charge in [0.25, 0.3) is 0 Å². The van der Waals surface area contributed by atoms with Crippen LogP contribution < -0.4 is 0 Å². The molecule has 0 bridgehead atoms. The highest BCUT2D eigenvalue weighted by Gasteiger charge is 1.99. The summed E-state index contributed by atoms with van der Waals surface area (Å²) in [5, 5.41) is 11.3. The number of hydrogen-bond acceptors (Lipinski definition) is 3. The number of aromatic nitrogens is 1. The Morgan fingerprint density at radius 3 is 2.79 bits per heavy atom. The largest absolute Gasteiger partial charge is 0.314 e. The highest BCUT2D eigenvalue weighted by molar-refractivity contribution is 5.78. The van der Waals surface area contributed by atoms with E-state index in [1.807, 2.05) is 36.4 Å². The number of benzene rings is 1. The summed E-state index contributed by atoms with van der Waals surface area (Å²) in [6.45, 7) is 0.449. The molecule has 0 saturated heterocycles. The molecule has 3 heteroatoms. The van der Waals surface area contributed by atoms with Crippen molar-refractivity contribution in [3.05, 3.63) is 42.1 Å². The van der Waals surface area contributed by atoms with E-state index >= 15 is 0 Å². The van der Waals surface area contributed by atoms with Crippen LogP contribution in [0.15, 0.2) is 36.4 Å². The lowest BCUT2D eigenvalue weighted by Crippen LogP contribution is -2.12. The Kier molecular flexibility index (Phi) is 2.43. The summed E-state index contributed by atoms with van der Waals surface area (Å²) < 4.78 is 0. The molecule has 3 nitrogen and oxygen atoms in total. The monoisotopic (exact) mass is 188 g/mol. The normalized spacial score (nSPS) is 11.1. The fraction of sp³-hybridized carbons (Fsp3) is 0.182. The third kappa shape index (κ3) is 1.89. The van der Waals surface area contributed by atoms with Crippen LogP contribution in [0.25, 0.3) is 10.9 Å². The van der Waals surface area contributed by atoms with E-state index < -0.39 is 0 Å². The lowest BCUT2D eigenvalue weighted by atomic mass is 10.2. The molecule has 0 unspecified atom stereocenters. The predicted octanol–water partition coefficient (Wildman–Crippen LogP) is 2.06. The summed E-state index contributed by atoms with van der Waals surface area (Å²) in [7, 11) is 1.61. The summed E-state index contributed by atoms with van der Waals surface area (Å²) in [6, 6.07) is 11.9. The van der Waals surface area contributed by atoms with Crippen LogP contribution in [0.2, 0.25) is 0 Å². The first-order valence-electron chi connectivity index (χ1n) is 4.50. The maximum absolute atomic E-state index is 9.07. The third-order valence-corrected chi connectivity index (χ3v) is 2.05. The van der Waals surface area contributed by atoms with Gasteiger partial charge in [0.1, 0.15) is 0 Å². The first-order chi connectivity index (χ1) is 6.75. The molecule has 0 fully saturated rings. The molecule has 1 N–H and O–H groups in total. The van der Waals surface area contributed by atoms with Crippen LogP contribution in [0.1, 0.15) is 5.69 Å². The molecular weight excluding hydrogens is 176 g/mol. The second-order valence-electron chi connectivity index (χ2n) is 3.31. The molecule has 14 heavy (non-hydrogen) atoms. The number of pyridine rings is 1. The Balaban J connectivity index is 2.41. The van der Waals surface area contributed by atoms with Gasteiger partial charge in [-0.3, -0.25) is 4.98 Å². The van der Waals surface area contributed by atoms with Crippen molar-refractivity contribution in [1.29, 1.82) is 0 Å². The maximum atomic E-state index is 9.07. The topological polar surface area (TPSA) is 36.4 Å². The van der Waals surface area contributed by atoms with Crippen molar-refractivity contribution in [3.63, 3.8) is 0 Å². The van der Waals surface area contributed by atoms with Gasteiger partial charge >= 0.3 is 0 Å². The molecule has 1 aromatic carbocycles. The lowest BCUT2D eigenvalue weighted by Gasteiger charge is -2.07. The van der Waals surface area contributed by atoms with Crippen LogP contribution in [0.5, 0.6) is 0 Å². The molecule has 0 amide bonds. The molecule has 0 radical (unpaired) electrons. The van der Waals surface area contributed by atoms with Gasteiger partial charge in [-0.25, -0.2) is 0 Å². The van der Waals surface area contributed by atoms with Crippen molar-refractivity contribution in [2.45, 2.75) is 6.54 Å². The van der Waals surface area contributed by atoms with Gasteiger partial charge in [-0.1, -0.05) is 24.3 Å². The fourth-order valence-corrected chi connectivity index (χ4v) is 1.43. The Bertz CT molecular complexity index is 440. The molecule has 72 valence electrons. The Hall–Kier alpha value is -1.45. The maximum Gasteiger partial charge on any atom is 0.0705 e. The minimum absolute atomic E-state index is 0.449. The van der Waals surface area contributed by atoms with Gasteiger partial charge in [0.15, 0.2) is 0 Å². The highest BCUT2D eigenvalue weighted by atomic mass is 16.5. The fourth-order valence-electron chi connectivity index (χ4n) is 1.43. The van der Waals surface area contributed by atoms with Crippen LogP contribution in [0, 0.1) is 0 Å². The number of rotatable bonds is 2. The van der Waals surface area contributed by atoms with Crippen LogP contribution in [0.4, 0.5) is 0 Å². The quantitative estimate of drug-likeness (QED) is 0.733. The zero-order chi connectivity index (χ0) is 9.97. The molecule has 1 aromatic heterocycles. The van der Waals surface area contributed by atoms with Crippen molar-refractivity contribution < 1.29 is 5.21 Å². The van der Waals surface area contributed by atoms with Crippen molar-refractivity contribution >= 4 is 10.9 Å². The van der Waals surface area contributed by atoms with Crippen LogP contribution in [-0.2, 0) is 6.54 Å². The van der Waals surface area contributed by atoms with Crippen molar-refractivity contribution in [1.82, 2.24) is 10.0 Å². The van der Waals surface area contributed by atoms with Crippen molar-refractivity contribution in [2.24, 2.45) is 0 Å². The summed E-state index contributed by atoms with van der Waals surface area (Å²) in [6.07, 6.45) is 0. The highest BCUT2D eigenvalue weighted by Crippen LogP contribution is 2.12. The molecule has 2 rings (SSSR count). The van der Waals surface area contributed by atoms with E-state index in [-0.39, 0.29) is 0 Å². The van der Waals surface area contributed by atoms with E-state index in [0.717, 1.165) is 21.7 Å². The number of fused-ring (bicyclic) bond motifs is 1. The minimum Gasteiger partial charge on any atom is -0.314 e. The molecule has 0 aliphatic carbocycles. The number of para-hydroxylation sites is 1. The summed E-state index contributed by atoms with van der Waals surface area (Å²) in [5.74, 6) is 0. The first-order valence-corrected chi connectivity index (χ1v) is 4.50. The van der Waals surface area contributed by atoms with E-state index in [4.69, 9.17) is 5.21 Å². The summed E-state index contributed by atoms with van der Waals surface area (Å²) in [5.41, 5.74) is 1.83. The van der Waals surface area contributed by atoms with E-state index in [9.17, 15) is 0 Å². The molecule has 1 heterocycles. The summed E-state index contributed by atoms with van der Waals surface area (Å²) >= 11 is 0. The van der Waals surface area contributed by atoms with Gasteiger partial charge in [-0.15, -0.1) is 0 Å². The van der Waals surface area contributed by atoms with Gasteiger partial charge in [0.2, 0.25) is 0 Å². The zero-order valence-corrected chi connectivity index (χ0v) is 8.01. The van der Waals surface area contributed by atoms with Gasteiger partial charge in [0.05, 0.1) is 17.8 Å². The van der Waals surface area contributed by atoms with E-state index in [0.29, 0.717) is 6.54 Å². The Morgan fingerprint density at radius 1 is 1.21 bits per heavy atom. The number of hydroxylamine groups is 2. The zero-order valence-electron chi connectivity index (χ0n) is 8.01. The molecule has 0 aliphatic heterocycles. The SMILES string of the molecule is CN(O)Cc1ccc2ccccc2n1. The van der Waals surface area contributed by atoms with E-state index in [1.165, 1.54) is 0 Å². The standard InChI is InChI=1S/C11H12N2O/c1-13(14)8-10-7-6-9-4-2-3-5-11(9)12-10/h2-7,14H,8H2,1H3. The third-order valence-electron chi connectivity index (χ3n) is 2.05. The molecule has 0 aliphatic rings. The Labute approximate surface area is 82.6 Å². The Morgan fingerprint density at radius 2 is 2.00 bits per heavy atom. The molecular formula is C11H12N2O. The molecule has 0 spiro atoms. The average Bonchev–Trinajstić information content (AvgIpc) is 2.17. The van der Waals surface area contributed by atoms with Crippen LogP contribution >= 0.6 is 0 Å². The van der Waals surface area contributed by atoms with Gasteiger partial charge < -0.3 is 5.21 Å². The smallest absolute Gasteiger partial charge is 0.0705 e. The van der Waals surface area contributed by atoms with Crippen molar-refractivity contribution in [2.75, 3.05) is 7.05 Å². The van der Waals surface area contributed by atoms with Gasteiger partial charge in [-0.2, -0.15) is 5.06 Å². The lowest BCUT2D eigenvalue weighted by molar-refractivity contribution is -0.0740. The molecule has 2 aromatic rings. The molecule has 0 saturated carbocycles. The predicted molar refractivity (Wildman–Crippen MR) is 55.0 cm³/mol. The van der Waals surface area contributed by atoms with E-state index in [2.05, 4.69) is 4.98 Å². The average molecular weight is 188 g/mol. The number of nitrogens with zero attached hydrogens (tertiary/aromatic N) is 2. The molecule has 0 atom stereocenters. The number of hydrogen-bond donors (Lipinski definition) is 1. The van der Waals surface area contributed by atoms with Gasteiger partial charge in [-0.05, 0) is 12.1 Å². The summed E-state index contributed by atoms with van der Waals surface area (Å²) in [4.78, 5) is 4.41. The first kappa shape index (κ1) is 9.12. The van der Waals surface area contributed by atoms with Crippen LogP contribution in [-0.4, -0.2) is 22.3 Å². The second-order valence-corrected chi connectivity index (χ2v) is 3.31. The van der Waals surface area contributed by atoms with Crippen LogP contribution in [0.3, 0.4) is 0 Å².